The molecule has 0 aliphatic carbocycles. The molecule has 0 aliphatic rings. The van der Waals surface area contributed by atoms with Gasteiger partial charge in [0, 0.05) is 57.9 Å². The summed E-state index contributed by atoms with van der Waals surface area (Å²) in [6.07, 6.45) is 8.65. The fourth-order valence-corrected chi connectivity index (χ4v) is 4.04. The van der Waals surface area contributed by atoms with Crippen LogP contribution in [0.5, 0.6) is 0 Å². The van der Waals surface area contributed by atoms with Crippen LogP contribution >= 0.6 is 11.6 Å². The molecular weight excluding hydrogens is 872 g/mol. The first-order chi connectivity index (χ1) is 29.9. The van der Waals surface area contributed by atoms with E-state index in [4.69, 9.17) is 75.5 Å². The number of primary amides is 1. The number of esters is 1. The molecule has 27 nitrogen and oxygen atoms in total. The van der Waals surface area contributed by atoms with Crippen LogP contribution in [0.15, 0.2) is 73.6 Å². The summed E-state index contributed by atoms with van der Waals surface area (Å²) in [7, 11) is 1.29. The van der Waals surface area contributed by atoms with Crippen molar-refractivity contribution < 1.29 is 32.7 Å². The maximum atomic E-state index is 10.9. The lowest BCUT2D eigenvalue weighted by Crippen LogP contribution is -2.12. The molecule has 0 fully saturated rings. The third kappa shape index (κ3) is 19.2. The number of halogens is 1. The molecule has 65 heavy (non-hydrogen) atoms. The zero-order valence-electron chi connectivity index (χ0n) is 35.2. The molecule has 28 heteroatoms. The lowest BCUT2D eigenvalue weighted by atomic mass is 10.2. The van der Waals surface area contributed by atoms with Crippen molar-refractivity contribution in [3.8, 4) is 0 Å². The van der Waals surface area contributed by atoms with Crippen LogP contribution < -0.4 is 63.5 Å². The highest BCUT2D eigenvalue weighted by atomic mass is 35.5. The van der Waals surface area contributed by atoms with Gasteiger partial charge in [0.05, 0.1) is 57.4 Å². The van der Waals surface area contributed by atoms with Crippen LogP contribution in [0.1, 0.15) is 46.0 Å². The number of nitrogens with zero attached hydrogens (tertiary/aromatic N) is 9. The number of nitrogen functional groups attached to an aromatic ring is 9. The first kappa shape index (κ1) is 55.6. The van der Waals surface area contributed by atoms with E-state index < -0.39 is 21.7 Å². The standard InChI is InChI=1S/C7H9N3O2.C6H5ClN2O2.C6H8N4O.C6H6N4.C6H7N3O2.C6H9N3.H3N.6H2/c1-12-7(11)4-2-5(8)6(9)10-3-4;1-4-2-5(9(10)11)6(7)8-3-4;7-4-1-3(6(9)11)2-10-5(4)8;1-9-4-2-5(7)6(8)10-3-4;1-4-2-5(9(10)11)6(7)8-3-4;1-4-2-5(7)6(8)9-3-4;;;;;;;/h2-3H,8H2,1H3,(H2,9,10);2-3H,1H3;1-2H,7H2,(H2,8,10)(H2,9,11);2-3H,7H2,(H2,8,10);2-3H,1H3,(H2,7,8);2-3H,7H2,1H3,(H2,8,9);1H3;6*1H/i;;;;;;;6*1+1. The molecule has 0 aromatic carbocycles. The van der Waals surface area contributed by atoms with Gasteiger partial charge < -0.3 is 68.2 Å². The number of amides is 1. The number of carbonyl (C=O) groups is 2. The Balaban J connectivity index is -0.000000136. The number of hydrogen-bond donors (Lipinski definition) is 11. The number of anilines is 9. The second-order valence-electron chi connectivity index (χ2n) is 12.3. The molecule has 0 saturated carbocycles. The summed E-state index contributed by atoms with van der Waals surface area (Å²) in [5, 5.41) is 20.4. The molecule has 0 atom stereocenters. The number of methoxy groups -OCH3 is 1. The highest BCUT2D eigenvalue weighted by molar-refractivity contribution is 6.31. The first-order valence-electron chi connectivity index (χ1n) is 17.3. The number of aryl methyl sites for hydroxylation is 3. The summed E-state index contributed by atoms with van der Waals surface area (Å²) >= 11 is 5.44. The molecule has 6 heterocycles. The maximum Gasteiger partial charge on any atom is 0.339 e. The topological polar surface area (TPSA) is 507 Å². The summed E-state index contributed by atoms with van der Waals surface area (Å²) in [6, 6.07) is 8.88. The minimum absolute atomic E-state index is 0. The average Bonchev–Trinajstić information content (AvgIpc) is 3.24. The predicted molar refractivity (Wildman–Crippen MR) is 261 cm³/mol. The van der Waals surface area contributed by atoms with Crippen molar-refractivity contribution in [1.82, 2.24) is 36.1 Å². The van der Waals surface area contributed by atoms with E-state index in [2.05, 4.69) is 39.5 Å². The Kier molecular flexibility index (Phi) is 22.8. The van der Waals surface area contributed by atoms with E-state index in [1.54, 1.807) is 26.1 Å². The smallest absolute Gasteiger partial charge is 0.339 e. The highest BCUT2D eigenvalue weighted by Crippen LogP contribution is 2.22. The Labute approximate surface area is 384 Å². The van der Waals surface area contributed by atoms with E-state index in [1.807, 2.05) is 6.92 Å². The monoisotopic (exact) mass is 936 g/mol. The van der Waals surface area contributed by atoms with Crippen LogP contribution in [0.2, 0.25) is 5.15 Å². The third-order valence-corrected chi connectivity index (χ3v) is 7.43. The van der Waals surface area contributed by atoms with E-state index in [0.29, 0.717) is 28.4 Å². The van der Waals surface area contributed by atoms with Crippen molar-refractivity contribution in [1.29, 1.82) is 0 Å². The number of rotatable bonds is 4. The van der Waals surface area contributed by atoms with Gasteiger partial charge in [-0.05, 0) is 61.7 Å². The van der Waals surface area contributed by atoms with Gasteiger partial charge in [-0.1, -0.05) is 11.6 Å². The predicted octanol–water partition coefficient (Wildman–Crippen LogP) is 5.20. The highest BCUT2D eigenvalue weighted by Gasteiger charge is 2.13. The van der Waals surface area contributed by atoms with Gasteiger partial charge in [0.25, 0.3) is 0 Å². The molecule has 0 aliphatic heterocycles. The van der Waals surface area contributed by atoms with Gasteiger partial charge in [-0.2, -0.15) is 0 Å². The second-order valence-corrected chi connectivity index (χ2v) is 12.6. The Bertz CT molecular complexity index is 2620. The number of hydrogen-bond acceptors (Lipinski definition) is 23. The number of nitro groups is 2. The second kappa shape index (κ2) is 26.7. The van der Waals surface area contributed by atoms with Crippen molar-refractivity contribution in [2.24, 2.45) is 5.73 Å². The van der Waals surface area contributed by atoms with E-state index >= 15 is 0 Å². The molecule has 6 rings (SSSR count). The number of pyridine rings is 6. The van der Waals surface area contributed by atoms with Gasteiger partial charge in [-0.15, -0.1) is 0 Å². The Morgan fingerprint density at radius 1 is 0.600 bits per heavy atom. The molecule has 0 unspecified atom stereocenters. The van der Waals surface area contributed by atoms with Crippen LogP contribution in [0.3, 0.4) is 0 Å². The molecule has 0 radical (unpaired) electrons. The summed E-state index contributed by atoms with van der Waals surface area (Å²) in [5.41, 5.74) is 57.7. The zero-order chi connectivity index (χ0) is 48.8. The Hall–Kier alpha value is -9.42. The van der Waals surface area contributed by atoms with Crippen LogP contribution in [0.4, 0.5) is 68.9 Å². The maximum absolute atomic E-state index is 10.9. The zero-order valence-corrected chi connectivity index (χ0v) is 35.9. The number of aromatic nitrogens is 6. The summed E-state index contributed by atoms with van der Waals surface area (Å²) < 4.78 is 4.46. The van der Waals surface area contributed by atoms with Gasteiger partial charge in [-0.3, -0.25) is 25.0 Å². The van der Waals surface area contributed by atoms with Crippen molar-refractivity contribution in [2.75, 3.05) is 58.7 Å². The third-order valence-electron chi connectivity index (χ3n) is 7.14. The van der Waals surface area contributed by atoms with Gasteiger partial charge in [0.2, 0.25) is 22.6 Å². The van der Waals surface area contributed by atoms with Crippen LogP contribution in [-0.4, -0.2) is 58.7 Å². The minimum atomic E-state index is -0.566. The first-order valence-corrected chi connectivity index (χ1v) is 17.7. The Morgan fingerprint density at radius 2 is 0.969 bits per heavy atom. The quantitative estimate of drug-likeness (QED) is 0.0355. The van der Waals surface area contributed by atoms with Gasteiger partial charge in [0.1, 0.15) is 23.3 Å². The summed E-state index contributed by atoms with van der Waals surface area (Å²) in [6.45, 7) is 12.0. The number of ether oxygens (including phenoxy) is 1. The minimum Gasteiger partial charge on any atom is -0.465 e. The summed E-state index contributed by atoms with van der Waals surface area (Å²) in [4.78, 5) is 66.1. The van der Waals surface area contributed by atoms with Gasteiger partial charge >= 0.3 is 17.3 Å². The fraction of sp³-hybridized carbons (Fsp3) is 0.108. The van der Waals surface area contributed by atoms with Crippen molar-refractivity contribution >= 4 is 92.4 Å². The molecular formula is C37H59ClN20O7. The van der Waals surface area contributed by atoms with E-state index in [9.17, 15) is 29.8 Å². The lowest BCUT2D eigenvalue weighted by Gasteiger charge is -2.01. The molecule has 6 aromatic heterocycles. The molecule has 1 amide bonds. The number of nitrogens with two attached hydrogens (primary N) is 10. The summed E-state index contributed by atoms with van der Waals surface area (Å²) in [5.74, 6) is 0.00431. The largest absolute Gasteiger partial charge is 0.465 e. The van der Waals surface area contributed by atoms with Crippen molar-refractivity contribution in [2.45, 2.75) is 20.8 Å². The molecule has 0 saturated heterocycles. The van der Waals surface area contributed by atoms with E-state index in [1.165, 1.54) is 68.4 Å². The van der Waals surface area contributed by atoms with Crippen molar-refractivity contribution in [3.05, 3.63) is 138 Å². The molecule has 0 spiro atoms. The van der Waals surface area contributed by atoms with E-state index in [-0.39, 0.29) is 71.4 Å². The fourth-order valence-electron chi connectivity index (χ4n) is 3.87. The van der Waals surface area contributed by atoms with Crippen LogP contribution in [0, 0.1) is 47.6 Å². The average molecular weight is 938 g/mol. The Morgan fingerprint density at radius 3 is 1.34 bits per heavy atom. The molecule has 23 N–H and O–H groups in total. The lowest BCUT2D eigenvalue weighted by molar-refractivity contribution is -0.385. The normalized spacial score (nSPS) is 9.23. The molecule has 356 valence electrons. The molecule has 6 aromatic rings. The van der Waals surface area contributed by atoms with E-state index in [0.717, 1.165) is 16.7 Å². The molecule has 0 bridgehead atoms. The van der Waals surface area contributed by atoms with Gasteiger partial charge in [-0.25, -0.2) is 39.5 Å². The SMILES string of the molecule is COC(=O)c1cnc(N)c(N)c1.Cc1cnc(Cl)c([N+](=O)[O-])c1.Cc1cnc(N)c(N)c1.Cc1cnc(N)c([N+](=O)[O-])c1.N.NC(=O)c1cnc(N)c(N)c1.[2HH].[2HH].[2HH].[2HH].[2HH].[2HH].[C-]#[N+]c1cnc(N)c(N)c1. The number of carbonyl (C=O) groups excluding carboxylic acids is 2. The van der Waals surface area contributed by atoms with Gasteiger partial charge in [0.15, 0.2) is 0 Å². The van der Waals surface area contributed by atoms with Crippen LogP contribution in [-0.2, 0) is 4.74 Å². The van der Waals surface area contributed by atoms with Crippen LogP contribution in [0.25, 0.3) is 4.85 Å². The van der Waals surface area contributed by atoms with Crippen molar-refractivity contribution in [3.63, 3.8) is 0 Å².